The summed E-state index contributed by atoms with van der Waals surface area (Å²) in [6, 6.07) is 4.17. The van der Waals surface area contributed by atoms with Gasteiger partial charge in [0.25, 0.3) is 0 Å². The van der Waals surface area contributed by atoms with Crippen LogP contribution in [0.25, 0.3) is 0 Å². The van der Waals surface area contributed by atoms with E-state index in [0.717, 1.165) is 37.0 Å². The minimum atomic E-state index is -0.123. The van der Waals surface area contributed by atoms with Crippen molar-refractivity contribution in [3.05, 3.63) is 17.7 Å². The zero-order valence-corrected chi connectivity index (χ0v) is 19.3. The van der Waals surface area contributed by atoms with Gasteiger partial charge in [0.1, 0.15) is 0 Å². The third kappa shape index (κ3) is 3.27. The fourth-order valence-electron chi connectivity index (χ4n) is 7.03. The highest BCUT2D eigenvalue weighted by molar-refractivity contribution is 5.76. The number of benzene rings is 1. The molecule has 1 spiro atoms. The number of ether oxygens (including phenoxy) is 4. The molecule has 2 heterocycles. The molecule has 2 saturated carbocycles. The molecule has 0 unspecified atom stereocenters. The molecule has 2 aliphatic heterocycles. The van der Waals surface area contributed by atoms with E-state index < -0.39 is 0 Å². The molecule has 0 radical (unpaired) electrons. The maximum Gasteiger partial charge on any atom is 0.222 e. The van der Waals surface area contributed by atoms with E-state index >= 15 is 0 Å². The summed E-state index contributed by atoms with van der Waals surface area (Å²) in [5.74, 6) is 2.84. The lowest BCUT2D eigenvalue weighted by Crippen LogP contribution is -2.59. The maximum absolute atomic E-state index is 12.5. The molecule has 1 aromatic carbocycles. The summed E-state index contributed by atoms with van der Waals surface area (Å²) >= 11 is 0. The Kier molecular flexibility index (Phi) is 5.53. The van der Waals surface area contributed by atoms with E-state index in [4.69, 9.17) is 18.9 Å². The summed E-state index contributed by atoms with van der Waals surface area (Å²) in [5.41, 5.74) is 1.08. The first-order valence-electron chi connectivity index (χ1n) is 11.9. The fourth-order valence-corrected chi connectivity index (χ4v) is 7.03. The highest BCUT2D eigenvalue weighted by atomic mass is 16.5. The van der Waals surface area contributed by atoms with Gasteiger partial charge in [0, 0.05) is 25.5 Å². The van der Waals surface area contributed by atoms with Gasteiger partial charge in [-0.2, -0.15) is 0 Å². The lowest BCUT2D eigenvalue weighted by Gasteiger charge is -2.53. The Morgan fingerprint density at radius 1 is 1.25 bits per heavy atom. The normalized spacial score (nSPS) is 34.5. The lowest BCUT2D eigenvalue weighted by atomic mass is 9.58. The molecular formula is C25H35NO6. The van der Waals surface area contributed by atoms with Gasteiger partial charge in [0.05, 0.1) is 33.0 Å². The standard InChI is InChI=1S/C25H35NO6/c1-24(2)16-13-17-21(15-11-18(29-3)22-19(12-15)30-8-4-9-31-22)32-10-6-25(17,14-16)23(24)26-20(28)5-7-27/h11-12,16-17,21,23,27H,4-10,13-14H2,1-3H3,(H,26,28)/t16-,17-,21-,23-,25-/m1/s1. The van der Waals surface area contributed by atoms with Crippen LogP contribution in [0.3, 0.4) is 0 Å². The van der Waals surface area contributed by atoms with E-state index in [-0.39, 0.29) is 41.9 Å². The van der Waals surface area contributed by atoms with Crippen LogP contribution in [-0.4, -0.2) is 50.6 Å². The number of hydrogen-bond donors (Lipinski definition) is 2. The number of fused-ring (bicyclic) bond motifs is 2. The average molecular weight is 446 g/mol. The molecule has 2 bridgehead atoms. The number of carbonyl (C=O) groups is 1. The summed E-state index contributed by atoms with van der Waals surface area (Å²) in [6.45, 7) is 6.34. The van der Waals surface area contributed by atoms with Crippen LogP contribution >= 0.6 is 0 Å². The van der Waals surface area contributed by atoms with Crippen LogP contribution in [0.4, 0.5) is 0 Å². The average Bonchev–Trinajstić information content (AvgIpc) is 3.13. The molecule has 3 fully saturated rings. The van der Waals surface area contributed by atoms with Gasteiger partial charge in [-0.15, -0.1) is 0 Å². The highest BCUT2D eigenvalue weighted by Crippen LogP contribution is 2.70. The van der Waals surface area contributed by atoms with Crippen molar-refractivity contribution < 1.29 is 28.8 Å². The number of hydrogen-bond acceptors (Lipinski definition) is 6. The number of aliphatic hydroxyl groups excluding tert-OH is 1. The molecule has 5 atom stereocenters. The number of methoxy groups -OCH3 is 1. The van der Waals surface area contributed by atoms with Gasteiger partial charge in [-0.1, -0.05) is 13.8 Å². The van der Waals surface area contributed by atoms with Crippen LogP contribution in [0.15, 0.2) is 12.1 Å². The van der Waals surface area contributed by atoms with Gasteiger partial charge in [-0.3, -0.25) is 4.79 Å². The molecule has 176 valence electrons. The Hall–Kier alpha value is -1.99. The van der Waals surface area contributed by atoms with Crippen molar-refractivity contribution in [3.8, 4) is 17.2 Å². The van der Waals surface area contributed by atoms with E-state index in [1.54, 1.807) is 7.11 Å². The highest BCUT2D eigenvalue weighted by Gasteiger charge is 2.68. The number of amides is 1. The largest absolute Gasteiger partial charge is 0.493 e. The van der Waals surface area contributed by atoms with Crippen LogP contribution in [0.5, 0.6) is 17.2 Å². The zero-order chi connectivity index (χ0) is 22.5. The molecule has 4 aliphatic rings. The smallest absolute Gasteiger partial charge is 0.222 e. The first-order chi connectivity index (χ1) is 15.4. The van der Waals surface area contributed by atoms with Crippen molar-refractivity contribution in [2.75, 3.05) is 33.5 Å². The molecule has 32 heavy (non-hydrogen) atoms. The molecule has 0 aromatic heterocycles. The molecular weight excluding hydrogens is 410 g/mol. The zero-order valence-electron chi connectivity index (χ0n) is 19.3. The van der Waals surface area contributed by atoms with Gasteiger partial charge in [0.15, 0.2) is 11.5 Å². The summed E-state index contributed by atoms with van der Waals surface area (Å²) < 4.78 is 24.0. The summed E-state index contributed by atoms with van der Waals surface area (Å²) in [5, 5.41) is 12.6. The van der Waals surface area contributed by atoms with Gasteiger partial charge in [-0.05, 0) is 59.6 Å². The van der Waals surface area contributed by atoms with Crippen molar-refractivity contribution in [2.45, 2.75) is 58.1 Å². The number of nitrogens with one attached hydrogen (secondary N) is 1. The third-order valence-corrected chi connectivity index (χ3v) is 8.53. The number of aliphatic hydroxyl groups is 1. The van der Waals surface area contributed by atoms with Crippen molar-refractivity contribution >= 4 is 5.91 Å². The first kappa shape index (κ1) is 21.8. The van der Waals surface area contributed by atoms with Crippen molar-refractivity contribution in [1.82, 2.24) is 5.32 Å². The quantitative estimate of drug-likeness (QED) is 0.724. The van der Waals surface area contributed by atoms with Crippen molar-refractivity contribution in [1.29, 1.82) is 0 Å². The van der Waals surface area contributed by atoms with E-state index in [1.165, 1.54) is 0 Å². The van der Waals surface area contributed by atoms with Crippen LogP contribution in [-0.2, 0) is 9.53 Å². The second kappa shape index (κ2) is 8.10. The minimum absolute atomic E-state index is 0.000414. The molecule has 1 saturated heterocycles. The second-order valence-electron chi connectivity index (χ2n) is 10.4. The molecule has 7 heteroatoms. The monoisotopic (exact) mass is 445 g/mol. The van der Waals surface area contributed by atoms with Crippen LogP contribution in [0.2, 0.25) is 0 Å². The Morgan fingerprint density at radius 2 is 2.06 bits per heavy atom. The van der Waals surface area contributed by atoms with E-state index in [0.29, 0.717) is 43.2 Å². The Morgan fingerprint density at radius 3 is 2.84 bits per heavy atom. The maximum atomic E-state index is 12.5. The summed E-state index contributed by atoms with van der Waals surface area (Å²) in [7, 11) is 1.66. The molecule has 1 amide bonds. The predicted octanol–water partition coefficient (Wildman–Crippen LogP) is 3.24. The van der Waals surface area contributed by atoms with Crippen LogP contribution < -0.4 is 19.5 Å². The van der Waals surface area contributed by atoms with Gasteiger partial charge in [-0.25, -0.2) is 0 Å². The molecule has 1 aromatic rings. The molecule has 5 rings (SSSR count). The summed E-state index contributed by atoms with van der Waals surface area (Å²) in [4.78, 5) is 12.5. The Labute approximate surface area is 189 Å². The number of rotatable bonds is 5. The Bertz CT molecular complexity index is 885. The first-order valence-corrected chi connectivity index (χ1v) is 11.9. The fraction of sp³-hybridized carbons (Fsp3) is 0.720. The molecule has 2 N–H and O–H groups in total. The van der Waals surface area contributed by atoms with Gasteiger partial charge >= 0.3 is 0 Å². The van der Waals surface area contributed by atoms with Crippen LogP contribution in [0.1, 0.15) is 57.6 Å². The third-order valence-electron chi connectivity index (χ3n) is 8.53. The van der Waals surface area contributed by atoms with Crippen molar-refractivity contribution in [2.24, 2.45) is 22.7 Å². The van der Waals surface area contributed by atoms with Crippen LogP contribution in [0, 0.1) is 22.7 Å². The lowest BCUT2D eigenvalue weighted by molar-refractivity contribution is -0.137. The topological polar surface area (TPSA) is 86.3 Å². The number of carbonyl (C=O) groups excluding carboxylic acids is 1. The van der Waals surface area contributed by atoms with E-state index in [9.17, 15) is 9.90 Å². The molecule has 2 aliphatic carbocycles. The molecule has 7 nitrogen and oxygen atoms in total. The van der Waals surface area contributed by atoms with Gasteiger partial charge in [0.2, 0.25) is 11.7 Å². The van der Waals surface area contributed by atoms with E-state index in [2.05, 4.69) is 25.2 Å². The minimum Gasteiger partial charge on any atom is -0.493 e. The van der Waals surface area contributed by atoms with Gasteiger partial charge < -0.3 is 29.4 Å². The second-order valence-corrected chi connectivity index (χ2v) is 10.4. The van der Waals surface area contributed by atoms with E-state index in [1.807, 2.05) is 6.07 Å². The predicted molar refractivity (Wildman–Crippen MR) is 118 cm³/mol. The Balaban J connectivity index is 1.50. The SMILES string of the molecule is COc1cc([C@H]2OCC[C@@]34C[C@@H](C[C@H]23)C(C)(C)[C@H]4NC(=O)CCO)cc2c1OCCCO2. The van der Waals surface area contributed by atoms with Crippen molar-refractivity contribution in [3.63, 3.8) is 0 Å². The summed E-state index contributed by atoms with van der Waals surface area (Å²) in [6.07, 6.45) is 4.05.